The van der Waals surface area contributed by atoms with Crippen LogP contribution in [-0.4, -0.2) is 5.91 Å². The van der Waals surface area contributed by atoms with Crippen molar-refractivity contribution < 1.29 is 4.79 Å². The summed E-state index contributed by atoms with van der Waals surface area (Å²) >= 11 is 1.79. The molecule has 1 heterocycles. The molecular weight excluding hydrogens is 256 g/mol. The lowest BCUT2D eigenvalue weighted by Gasteiger charge is -2.16. The summed E-state index contributed by atoms with van der Waals surface area (Å²) in [6.07, 6.45) is 0. The van der Waals surface area contributed by atoms with Crippen LogP contribution in [0.3, 0.4) is 0 Å². The third-order valence-electron chi connectivity index (χ3n) is 3.07. The monoisotopic (exact) mass is 274 g/mol. The van der Waals surface area contributed by atoms with Crippen molar-refractivity contribution in [1.29, 1.82) is 0 Å². The number of benzene rings is 1. The maximum atomic E-state index is 11.1. The summed E-state index contributed by atoms with van der Waals surface area (Å²) in [6.45, 7) is 6.21. The summed E-state index contributed by atoms with van der Waals surface area (Å²) in [6, 6.07) is 10.00. The Hall–Kier alpha value is -1.81. The Balaban J connectivity index is 2.17. The molecule has 1 amide bonds. The zero-order valence-corrected chi connectivity index (χ0v) is 12.2. The van der Waals surface area contributed by atoms with Crippen molar-refractivity contribution in [2.45, 2.75) is 26.8 Å². The van der Waals surface area contributed by atoms with E-state index in [0.717, 1.165) is 11.3 Å². The van der Waals surface area contributed by atoms with Crippen LogP contribution in [0.1, 0.15) is 38.6 Å². The van der Waals surface area contributed by atoms with Gasteiger partial charge in [0.15, 0.2) is 0 Å². The highest BCUT2D eigenvalue weighted by Gasteiger charge is 2.10. The summed E-state index contributed by atoms with van der Waals surface area (Å²) in [5.74, 6) is -0.392. The molecule has 1 aromatic heterocycles. The van der Waals surface area contributed by atoms with Gasteiger partial charge in [0.05, 0.1) is 6.04 Å². The van der Waals surface area contributed by atoms with Crippen LogP contribution in [0.2, 0.25) is 0 Å². The van der Waals surface area contributed by atoms with Gasteiger partial charge in [-0.1, -0.05) is 0 Å². The van der Waals surface area contributed by atoms with Crippen molar-refractivity contribution in [2.75, 3.05) is 5.32 Å². The van der Waals surface area contributed by atoms with E-state index in [1.807, 2.05) is 19.1 Å². The average Bonchev–Trinajstić information content (AvgIpc) is 2.78. The van der Waals surface area contributed by atoms with E-state index in [2.05, 4.69) is 31.3 Å². The molecule has 0 bridgehead atoms. The normalized spacial score (nSPS) is 12.2. The molecule has 1 unspecified atom stereocenters. The molecule has 100 valence electrons. The maximum absolute atomic E-state index is 11.1. The van der Waals surface area contributed by atoms with Gasteiger partial charge in [0.1, 0.15) is 0 Å². The molecule has 0 saturated carbocycles. The molecule has 0 fully saturated rings. The first-order valence-corrected chi connectivity index (χ1v) is 7.02. The zero-order valence-electron chi connectivity index (χ0n) is 11.4. The van der Waals surface area contributed by atoms with Gasteiger partial charge in [-0.15, -0.1) is 11.3 Å². The third kappa shape index (κ3) is 3.15. The van der Waals surface area contributed by atoms with E-state index >= 15 is 0 Å². The van der Waals surface area contributed by atoms with Gasteiger partial charge in [-0.25, -0.2) is 0 Å². The van der Waals surface area contributed by atoms with Crippen molar-refractivity contribution in [3.63, 3.8) is 0 Å². The van der Waals surface area contributed by atoms with Crippen LogP contribution >= 0.6 is 11.3 Å². The molecule has 2 aromatic rings. The van der Waals surface area contributed by atoms with Gasteiger partial charge in [0.25, 0.3) is 0 Å². The van der Waals surface area contributed by atoms with Gasteiger partial charge in [0.2, 0.25) is 5.91 Å². The number of primary amides is 1. The highest BCUT2D eigenvalue weighted by atomic mass is 32.1. The summed E-state index contributed by atoms with van der Waals surface area (Å²) < 4.78 is 0. The van der Waals surface area contributed by atoms with E-state index in [9.17, 15) is 4.79 Å². The summed E-state index contributed by atoms with van der Waals surface area (Å²) in [7, 11) is 0. The number of nitrogens with one attached hydrogen (secondary N) is 1. The fraction of sp³-hybridized carbons (Fsp3) is 0.267. The first-order chi connectivity index (χ1) is 8.97. The van der Waals surface area contributed by atoms with Gasteiger partial charge >= 0.3 is 0 Å². The highest BCUT2D eigenvalue weighted by molar-refractivity contribution is 7.12. The van der Waals surface area contributed by atoms with Crippen molar-refractivity contribution in [2.24, 2.45) is 5.73 Å². The fourth-order valence-corrected chi connectivity index (χ4v) is 2.85. The molecule has 0 aliphatic heterocycles. The second-order valence-electron chi connectivity index (χ2n) is 4.71. The largest absolute Gasteiger partial charge is 0.377 e. The van der Waals surface area contributed by atoms with Crippen molar-refractivity contribution >= 4 is 22.9 Å². The average molecular weight is 274 g/mol. The Labute approximate surface area is 117 Å². The summed E-state index contributed by atoms with van der Waals surface area (Å²) in [5.41, 5.74) is 7.87. The van der Waals surface area contributed by atoms with E-state index in [0.29, 0.717) is 5.56 Å². The van der Waals surface area contributed by atoms with Crippen LogP contribution in [-0.2, 0) is 0 Å². The number of rotatable bonds is 4. The van der Waals surface area contributed by atoms with Crippen LogP contribution in [0.5, 0.6) is 0 Å². The van der Waals surface area contributed by atoms with E-state index < -0.39 is 5.91 Å². The third-order valence-corrected chi connectivity index (χ3v) is 4.25. The summed E-state index contributed by atoms with van der Waals surface area (Å²) in [4.78, 5) is 13.7. The van der Waals surface area contributed by atoms with Gasteiger partial charge in [-0.3, -0.25) is 4.79 Å². The van der Waals surface area contributed by atoms with Crippen LogP contribution < -0.4 is 11.1 Å². The Morgan fingerprint density at radius 2 is 2.00 bits per heavy atom. The van der Waals surface area contributed by atoms with Crippen LogP contribution in [0.25, 0.3) is 0 Å². The Kier molecular flexibility index (Phi) is 3.90. The van der Waals surface area contributed by atoms with Crippen LogP contribution in [0.15, 0.2) is 30.3 Å². The fourth-order valence-electron chi connectivity index (χ4n) is 1.97. The van der Waals surface area contributed by atoms with Gasteiger partial charge in [-0.05, 0) is 56.7 Å². The van der Waals surface area contributed by atoms with E-state index in [1.54, 1.807) is 17.4 Å². The lowest BCUT2D eigenvalue weighted by atomic mass is 10.1. The van der Waals surface area contributed by atoms with Gasteiger partial charge in [-0.2, -0.15) is 0 Å². The van der Waals surface area contributed by atoms with Crippen molar-refractivity contribution in [3.8, 4) is 0 Å². The van der Waals surface area contributed by atoms with Crippen molar-refractivity contribution in [1.82, 2.24) is 0 Å². The Morgan fingerprint density at radius 1 is 1.26 bits per heavy atom. The second-order valence-corrected chi connectivity index (χ2v) is 6.03. The molecule has 0 spiro atoms. The number of aryl methyl sites for hydroxylation is 2. The molecular formula is C15H18N2OS. The zero-order chi connectivity index (χ0) is 14.0. The highest BCUT2D eigenvalue weighted by Crippen LogP contribution is 2.27. The quantitative estimate of drug-likeness (QED) is 0.894. The number of amides is 1. The topological polar surface area (TPSA) is 55.1 Å². The number of nitrogens with two attached hydrogens (primary N) is 1. The number of thiophene rings is 1. The number of hydrogen-bond donors (Lipinski definition) is 2. The minimum Gasteiger partial charge on any atom is -0.377 e. The van der Waals surface area contributed by atoms with Crippen molar-refractivity contribution in [3.05, 3.63) is 51.2 Å². The SMILES string of the molecule is Cc1ccc(C(C)Nc2ccc(C(N)=O)cc2C)s1. The van der Waals surface area contributed by atoms with Gasteiger partial charge < -0.3 is 11.1 Å². The number of anilines is 1. The second kappa shape index (κ2) is 5.45. The predicted octanol–water partition coefficient (Wildman–Crippen LogP) is 3.64. The lowest BCUT2D eigenvalue weighted by molar-refractivity contribution is 0.1000. The Morgan fingerprint density at radius 3 is 2.53 bits per heavy atom. The minimum absolute atomic E-state index is 0.247. The summed E-state index contributed by atoms with van der Waals surface area (Å²) in [5, 5.41) is 3.46. The molecule has 0 radical (unpaired) electrons. The van der Waals surface area contributed by atoms with E-state index in [4.69, 9.17) is 5.73 Å². The van der Waals surface area contributed by atoms with Gasteiger partial charge in [0, 0.05) is 21.0 Å². The molecule has 3 N–H and O–H groups in total. The minimum atomic E-state index is -0.392. The van der Waals surface area contributed by atoms with E-state index in [-0.39, 0.29) is 6.04 Å². The molecule has 3 nitrogen and oxygen atoms in total. The number of carbonyl (C=O) groups excluding carboxylic acids is 1. The maximum Gasteiger partial charge on any atom is 0.248 e. The standard InChI is InChI=1S/C15H18N2OS/c1-9-8-12(15(16)18)5-6-13(9)17-11(3)14-7-4-10(2)19-14/h4-8,11,17H,1-3H3,(H2,16,18). The molecule has 1 aromatic carbocycles. The molecule has 1 atom stereocenters. The number of hydrogen-bond acceptors (Lipinski definition) is 3. The first kappa shape index (κ1) is 13.6. The van der Waals surface area contributed by atoms with E-state index in [1.165, 1.54) is 9.75 Å². The smallest absolute Gasteiger partial charge is 0.248 e. The molecule has 0 aliphatic carbocycles. The predicted molar refractivity (Wildman–Crippen MR) is 80.8 cm³/mol. The first-order valence-electron chi connectivity index (χ1n) is 6.20. The lowest BCUT2D eigenvalue weighted by Crippen LogP contribution is -2.12. The van der Waals surface area contributed by atoms with Crippen LogP contribution in [0.4, 0.5) is 5.69 Å². The molecule has 4 heteroatoms. The molecule has 19 heavy (non-hydrogen) atoms. The Bertz CT molecular complexity index is 604. The molecule has 2 rings (SSSR count). The number of carbonyl (C=O) groups is 1. The molecule has 0 aliphatic rings. The van der Waals surface area contributed by atoms with Crippen LogP contribution in [0, 0.1) is 13.8 Å². The molecule has 0 saturated heterocycles.